The molecule has 1 fully saturated rings. The molecule has 0 spiro atoms. The maximum Gasteiger partial charge on any atom is 0.0471 e. The van der Waals surface area contributed by atoms with E-state index in [0.29, 0.717) is 12.5 Å². The Balaban J connectivity index is 1.82. The van der Waals surface area contributed by atoms with Gasteiger partial charge in [0.15, 0.2) is 0 Å². The molecule has 0 aromatic carbocycles. The zero-order valence-electron chi connectivity index (χ0n) is 11.7. The predicted molar refractivity (Wildman–Crippen MR) is 76.7 cm³/mol. The van der Waals surface area contributed by atoms with E-state index in [2.05, 4.69) is 11.0 Å². The average Bonchev–Trinajstić information content (AvgIpc) is 2.53. The number of allylic oxidation sites excluding steroid dienone is 1. The van der Waals surface area contributed by atoms with Crippen LogP contribution in [0.25, 0.3) is 0 Å². The van der Waals surface area contributed by atoms with E-state index in [1.165, 1.54) is 64.3 Å². The first-order chi connectivity index (χ1) is 8.88. The van der Waals surface area contributed by atoms with Crippen molar-refractivity contribution in [2.45, 2.75) is 57.8 Å². The summed E-state index contributed by atoms with van der Waals surface area (Å²) in [5, 5.41) is 9.29. The van der Waals surface area contributed by atoms with Crippen LogP contribution < -0.4 is 0 Å². The first kappa shape index (κ1) is 14.1. The van der Waals surface area contributed by atoms with Gasteiger partial charge in [0.05, 0.1) is 0 Å². The molecular weight excluding hydrogens is 222 g/mol. The summed E-state index contributed by atoms with van der Waals surface area (Å²) < 4.78 is 0. The number of aliphatic hydroxyl groups excluding tert-OH is 1. The molecule has 1 N–H and O–H groups in total. The van der Waals surface area contributed by atoms with Gasteiger partial charge in [0.2, 0.25) is 0 Å². The topological polar surface area (TPSA) is 23.5 Å². The molecule has 1 aliphatic carbocycles. The van der Waals surface area contributed by atoms with Crippen LogP contribution in [0.3, 0.4) is 0 Å². The van der Waals surface area contributed by atoms with E-state index in [4.69, 9.17) is 0 Å². The van der Waals surface area contributed by atoms with Crippen LogP contribution in [0.5, 0.6) is 0 Å². The third kappa shape index (κ3) is 4.74. The molecule has 2 aliphatic rings. The van der Waals surface area contributed by atoms with Gasteiger partial charge in [-0.1, -0.05) is 30.9 Å². The molecule has 0 radical (unpaired) electrons. The van der Waals surface area contributed by atoms with E-state index in [0.717, 1.165) is 13.1 Å². The second-order valence-corrected chi connectivity index (χ2v) is 6.09. The van der Waals surface area contributed by atoms with Gasteiger partial charge in [-0.3, -0.25) is 4.90 Å². The Kier molecular flexibility index (Phi) is 6.22. The molecule has 0 amide bonds. The van der Waals surface area contributed by atoms with E-state index in [1.54, 1.807) is 5.57 Å². The Morgan fingerprint density at radius 2 is 1.94 bits per heavy atom. The molecule has 0 aromatic heterocycles. The SMILES string of the molecule is OC[C@@H]1CCCN(C/C2=C/CCCCCCC2)C1. The van der Waals surface area contributed by atoms with Crippen molar-refractivity contribution in [3.63, 3.8) is 0 Å². The molecule has 0 unspecified atom stereocenters. The van der Waals surface area contributed by atoms with Gasteiger partial charge in [-0.2, -0.15) is 0 Å². The van der Waals surface area contributed by atoms with Crippen molar-refractivity contribution in [2.75, 3.05) is 26.2 Å². The van der Waals surface area contributed by atoms with Crippen LogP contribution in [0.1, 0.15) is 57.8 Å². The van der Waals surface area contributed by atoms with Crippen molar-refractivity contribution in [2.24, 2.45) is 5.92 Å². The number of nitrogens with zero attached hydrogens (tertiary/aromatic N) is 1. The Morgan fingerprint density at radius 3 is 2.83 bits per heavy atom. The Hall–Kier alpha value is -0.340. The second-order valence-electron chi connectivity index (χ2n) is 6.09. The first-order valence-electron chi connectivity index (χ1n) is 7.89. The van der Waals surface area contributed by atoms with Crippen LogP contribution in [-0.4, -0.2) is 36.2 Å². The van der Waals surface area contributed by atoms with Crippen LogP contribution in [0, 0.1) is 5.92 Å². The highest BCUT2D eigenvalue weighted by atomic mass is 16.3. The zero-order valence-corrected chi connectivity index (χ0v) is 11.7. The fraction of sp³-hybridized carbons (Fsp3) is 0.875. The van der Waals surface area contributed by atoms with E-state index in [1.807, 2.05) is 0 Å². The van der Waals surface area contributed by atoms with Gasteiger partial charge in [-0.05, 0) is 51.0 Å². The van der Waals surface area contributed by atoms with Gasteiger partial charge < -0.3 is 5.11 Å². The van der Waals surface area contributed by atoms with Crippen molar-refractivity contribution in [1.82, 2.24) is 4.90 Å². The third-order valence-corrected chi connectivity index (χ3v) is 4.42. The van der Waals surface area contributed by atoms with Crippen molar-refractivity contribution >= 4 is 0 Å². The summed E-state index contributed by atoms with van der Waals surface area (Å²) in [5.74, 6) is 0.524. The molecular formula is C16H29NO. The van der Waals surface area contributed by atoms with Gasteiger partial charge in [-0.15, -0.1) is 0 Å². The van der Waals surface area contributed by atoms with E-state index >= 15 is 0 Å². The molecule has 2 rings (SSSR count). The fourth-order valence-corrected chi connectivity index (χ4v) is 3.31. The summed E-state index contributed by atoms with van der Waals surface area (Å²) in [5.41, 5.74) is 1.66. The zero-order chi connectivity index (χ0) is 12.6. The average molecular weight is 251 g/mol. The summed E-state index contributed by atoms with van der Waals surface area (Å²) in [4.78, 5) is 2.56. The summed E-state index contributed by atoms with van der Waals surface area (Å²) in [6.45, 7) is 3.87. The molecule has 2 nitrogen and oxygen atoms in total. The summed E-state index contributed by atoms with van der Waals surface area (Å²) >= 11 is 0. The maximum atomic E-state index is 9.29. The monoisotopic (exact) mass is 251 g/mol. The smallest absolute Gasteiger partial charge is 0.0471 e. The van der Waals surface area contributed by atoms with Crippen molar-refractivity contribution < 1.29 is 5.11 Å². The van der Waals surface area contributed by atoms with E-state index in [-0.39, 0.29) is 0 Å². The number of hydrogen-bond donors (Lipinski definition) is 1. The molecule has 0 saturated carbocycles. The molecule has 0 aromatic rings. The number of hydrogen-bond acceptors (Lipinski definition) is 2. The highest BCUT2D eigenvalue weighted by molar-refractivity contribution is 5.05. The molecule has 2 heteroatoms. The Bertz CT molecular complexity index is 262. The molecule has 1 heterocycles. The van der Waals surface area contributed by atoms with E-state index < -0.39 is 0 Å². The van der Waals surface area contributed by atoms with Crippen LogP contribution in [0.4, 0.5) is 0 Å². The minimum absolute atomic E-state index is 0.371. The van der Waals surface area contributed by atoms with Gasteiger partial charge in [0.25, 0.3) is 0 Å². The lowest BCUT2D eigenvalue weighted by Gasteiger charge is -2.32. The Labute approximate surface area is 112 Å². The lowest BCUT2D eigenvalue weighted by molar-refractivity contribution is 0.126. The van der Waals surface area contributed by atoms with Crippen LogP contribution in [-0.2, 0) is 0 Å². The lowest BCUT2D eigenvalue weighted by Crippen LogP contribution is -2.37. The highest BCUT2D eigenvalue weighted by Gasteiger charge is 2.19. The number of aliphatic hydroxyl groups is 1. The summed E-state index contributed by atoms with van der Waals surface area (Å²) in [6, 6.07) is 0. The third-order valence-electron chi connectivity index (χ3n) is 4.42. The lowest BCUT2D eigenvalue weighted by atomic mass is 9.98. The van der Waals surface area contributed by atoms with E-state index in [9.17, 15) is 5.11 Å². The van der Waals surface area contributed by atoms with Crippen molar-refractivity contribution in [3.8, 4) is 0 Å². The molecule has 1 aliphatic heterocycles. The summed E-state index contributed by atoms with van der Waals surface area (Å²) in [7, 11) is 0. The number of piperidine rings is 1. The fourth-order valence-electron chi connectivity index (χ4n) is 3.31. The van der Waals surface area contributed by atoms with Gasteiger partial charge in [0, 0.05) is 19.7 Å². The van der Waals surface area contributed by atoms with Gasteiger partial charge in [-0.25, -0.2) is 0 Å². The minimum Gasteiger partial charge on any atom is -0.396 e. The standard InChI is InChI=1S/C16H29NO/c18-14-16-10-7-11-17(13-16)12-15-8-5-3-1-2-4-6-9-15/h8,16,18H,1-7,9-14H2/b15-8+/t16-/m1/s1. The Morgan fingerprint density at radius 1 is 1.11 bits per heavy atom. The van der Waals surface area contributed by atoms with Crippen LogP contribution in [0.15, 0.2) is 11.6 Å². The summed E-state index contributed by atoms with van der Waals surface area (Å²) in [6.07, 6.45) is 14.6. The molecule has 1 saturated heterocycles. The largest absolute Gasteiger partial charge is 0.396 e. The number of likely N-dealkylation sites (tertiary alicyclic amines) is 1. The maximum absolute atomic E-state index is 9.29. The van der Waals surface area contributed by atoms with Crippen molar-refractivity contribution in [1.29, 1.82) is 0 Å². The van der Waals surface area contributed by atoms with Gasteiger partial charge in [0.1, 0.15) is 0 Å². The van der Waals surface area contributed by atoms with Crippen molar-refractivity contribution in [3.05, 3.63) is 11.6 Å². The van der Waals surface area contributed by atoms with Gasteiger partial charge >= 0.3 is 0 Å². The quantitative estimate of drug-likeness (QED) is 0.777. The predicted octanol–water partition coefficient (Wildman–Crippen LogP) is 3.36. The molecule has 1 atom stereocenters. The minimum atomic E-state index is 0.371. The number of rotatable bonds is 3. The first-order valence-corrected chi connectivity index (χ1v) is 7.89. The molecule has 18 heavy (non-hydrogen) atoms. The normalized spacial score (nSPS) is 30.9. The highest BCUT2D eigenvalue weighted by Crippen LogP contribution is 2.21. The van der Waals surface area contributed by atoms with Crippen LogP contribution in [0.2, 0.25) is 0 Å². The van der Waals surface area contributed by atoms with Crippen LogP contribution >= 0.6 is 0 Å². The second kappa shape index (κ2) is 7.96. The molecule has 104 valence electrons. The molecule has 0 bridgehead atoms.